The number of carbonyl (C=O) groups excluding carboxylic acids is 2. The summed E-state index contributed by atoms with van der Waals surface area (Å²) in [6, 6.07) is 10.4. The topological polar surface area (TPSA) is 83.9 Å². The first-order chi connectivity index (χ1) is 17.6. The molecule has 2 aromatic rings. The molecule has 37 heavy (non-hydrogen) atoms. The lowest BCUT2D eigenvalue weighted by atomic mass is 9.85. The lowest BCUT2D eigenvalue weighted by molar-refractivity contribution is -0.139. The average molecular weight is 518 g/mol. The fraction of sp³-hybridized carbons (Fsp3) is 0.464. The van der Waals surface area contributed by atoms with Crippen molar-refractivity contribution in [3.05, 3.63) is 70.3 Å². The molecule has 1 aliphatic carbocycles. The minimum Gasteiger partial charge on any atom is -0.481 e. The highest BCUT2D eigenvalue weighted by Crippen LogP contribution is 2.30. The number of aliphatic carboxylic acids is 1. The zero-order valence-electron chi connectivity index (χ0n) is 20.4. The van der Waals surface area contributed by atoms with Crippen molar-refractivity contribution in [2.24, 2.45) is 5.92 Å². The van der Waals surface area contributed by atoms with Gasteiger partial charge in [-0.3, -0.25) is 9.59 Å². The number of Topliss-reactive ketones (excluding diaryl/α,β-unsaturated/α-hetero) is 1. The summed E-state index contributed by atoms with van der Waals surface area (Å²) in [4.78, 5) is 37.8. The van der Waals surface area contributed by atoms with E-state index in [1.807, 2.05) is 18.2 Å². The standard InChI is InChI=1S/C28H30F3NO5/c29-28(30,31)23-7-2-18(3-8-23)14-24(33)15-20-1-6-22-17-32(12-11-21(22)13-20)27(36)37-25-9-4-19(5-10-25)16-26(34)35/h1-3,6-8,13,19,25H,4-5,9-12,14-17H2,(H,34,35). The molecular weight excluding hydrogens is 487 g/mol. The number of carboxylic acids is 1. The van der Waals surface area contributed by atoms with Gasteiger partial charge in [0.1, 0.15) is 11.9 Å². The molecular formula is C28H30F3NO5. The van der Waals surface area contributed by atoms with Crippen molar-refractivity contribution in [1.82, 2.24) is 4.90 Å². The van der Waals surface area contributed by atoms with Crippen LogP contribution in [0, 0.1) is 5.92 Å². The number of amides is 1. The Labute approximate surface area is 213 Å². The fourth-order valence-corrected chi connectivity index (χ4v) is 5.12. The number of carbonyl (C=O) groups is 3. The van der Waals surface area contributed by atoms with Crippen LogP contribution in [0.1, 0.15) is 59.9 Å². The molecule has 0 saturated heterocycles. The summed E-state index contributed by atoms with van der Waals surface area (Å²) in [6.45, 7) is 0.922. The highest BCUT2D eigenvalue weighted by atomic mass is 19.4. The number of rotatable bonds is 7. The average Bonchev–Trinajstić information content (AvgIpc) is 2.84. The normalized spacial score (nSPS) is 19.7. The zero-order valence-corrected chi connectivity index (χ0v) is 20.4. The Balaban J connectivity index is 1.26. The van der Waals surface area contributed by atoms with E-state index < -0.39 is 17.7 Å². The van der Waals surface area contributed by atoms with E-state index in [2.05, 4.69) is 0 Å². The third-order valence-electron chi connectivity index (χ3n) is 7.15. The van der Waals surface area contributed by atoms with E-state index in [-0.39, 0.29) is 43.2 Å². The highest BCUT2D eigenvalue weighted by Gasteiger charge is 2.30. The van der Waals surface area contributed by atoms with Crippen molar-refractivity contribution in [3.8, 4) is 0 Å². The molecule has 1 amide bonds. The van der Waals surface area contributed by atoms with Crippen LogP contribution in [0.4, 0.5) is 18.0 Å². The Hall–Kier alpha value is -3.36. The second-order valence-electron chi connectivity index (χ2n) is 9.99. The SMILES string of the molecule is O=C(O)CC1CCC(OC(=O)N2CCc3cc(CC(=O)Cc4ccc(C(F)(F)F)cc4)ccc3C2)CC1. The van der Waals surface area contributed by atoms with Gasteiger partial charge in [-0.2, -0.15) is 13.2 Å². The molecule has 1 N–H and O–H groups in total. The lowest BCUT2D eigenvalue weighted by Gasteiger charge is -2.32. The van der Waals surface area contributed by atoms with Gasteiger partial charge in [0.05, 0.1) is 5.56 Å². The van der Waals surface area contributed by atoms with Crippen molar-refractivity contribution in [2.45, 2.75) is 70.2 Å². The van der Waals surface area contributed by atoms with E-state index in [1.54, 1.807) is 4.90 Å². The highest BCUT2D eigenvalue weighted by molar-refractivity contribution is 5.83. The molecule has 2 aliphatic rings. The van der Waals surface area contributed by atoms with E-state index in [1.165, 1.54) is 12.1 Å². The van der Waals surface area contributed by atoms with Gasteiger partial charge in [-0.25, -0.2) is 4.79 Å². The van der Waals surface area contributed by atoms with E-state index >= 15 is 0 Å². The number of benzene rings is 2. The number of carboxylic acid groups (broad SMARTS) is 1. The Morgan fingerprint density at radius 1 is 0.919 bits per heavy atom. The molecule has 1 aliphatic heterocycles. The van der Waals surface area contributed by atoms with Crippen LogP contribution in [0.25, 0.3) is 0 Å². The summed E-state index contributed by atoms with van der Waals surface area (Å²) in [5, 5.41) is 8.94. The first-order valence-electron chi connectivity index (χ1n) is 12.5. The van der Waals surface area contributed by atoms with Gasteiger partial charge >= 0.3 is 18.2 Å². The molecule has 2 aromatic carbocycles. The van der Waals surface area contributed by atoms with E-state index in [0.29, 0.717) is 37.9 Å². The van der Waals surface area contributed by atoms with Crippen molar-refractivity contribution >= 4 is 17.8 Å². The molecule has 1 fully saturated rings. The van der Waals surface area contributed by atoms with Crippen LogP contribution in [0.3, 0.4) is 0 Å². The van der Waals surface area contributed by atoms with Crippen LogP contribution in [0.2, 0.25) is 0 Å². The molecule has 0 aromatic heterocycles. The van der Waals surface area contributed by atoms with Crippen molar-refractivity contribution < 1.29 is 37.4 Å². The largest absolute Gasteiger partial charge is 0.481 e. The van der Waals surface area contributed by atoms with Gasteiger partial charge in [0.2, 0.25) is 0 Å². The molecule has 0 spiro atoms. The van der Waals surface area contributed by atoms with Gasteiger partial charge < -0.3 is 14.7 Å². The molecule has 9 heteroatoms. The molecule has 1 heterocycles. The number of hydrogen-bond acceptors (Lipinski definition) is 4. The molecule has 0 bridgehead atoms. The summed E-state index contributed by atoms with van der Waals surface area (Å²) in [7, 11) is 0. The first-order valence-corrected chi connectivity index (χ1v) is 12.5. The van der Waals surface area contributed by atoms with Gasteiger partial charge in [-0.05, 0) is 72.4 Å². The maximum Gasteiger partial charge on any atom is 0.416 e. The maximum absolute atomic E-state index is 12.7. The second kappa shape index (κ2) is 11.4. The van der Waals surface area contributed by atoms with E-state index in [0.717, 1.165) is 41.7 Å². The number of ketones is 1. The van der Waals surface area contributed by atoms with Gasteiger partial charge in [0.15, 0.2) is 0 Å². The first kappa shape index (κ1) is 26.7. The molecule has 6 nitrogen and oxygen atoms in total. The number of halogens is 3. The van der Waals surface area contributed by atoms with Crippen LogP contribution in [-0.2, 0) is 46.3 Å². The quantitative estimate of drug-likeness (QED) is 0.518. The second-order valence-corrected chi connectivity index (χ2v) is 9.99. The van der Waals surface area contributed by atoms with Crippen LogP contribution in [-0.4, -0.2) is 40.5 Å². The molecule has 198 valence electrons. The number of ether oxygens (including phenoxy) is 1. The Morgan fingerprint density at radius 3 is 2.22 bits per heavy atom. The van der Waals surface area contributed by atoms with Crippen LogP contribution < -0.4 is 0 Å². The Kier molecular flexibility index (Phi) is 8.19. The van der Waals surface area contributed by atoms with Crippen LogP contribution in [0.5, 0.6) is 0 Å². The predicted octanol–water partition coefficient (Wildman–Crippen LogP) is 5.59. The maximum atomic E-state index is 12.7. The fourth-order valence-electron chi connectivity index (χ4n) is 5.12. The van der Waals surface area contributed by atoms with Crippen LogP contribution in [0.15, 0.2) is 42.5 Å². The van der Waals surface area contributed by atoms with E-state index in [9.17, 15) is 27.6 Å². The number of nitrogens with zero attached hydrogens (tertiary/aromatic N) is 1. The molecule has 0 radical (unpaired) electrons. The van der Waals surface area contributed by atoms with Crippen LogP contribution >= 0.6 is 0 Å². The van der Waals surface area contributed by atoms with Gasteiger partial charge in [0, 0.05) is 32.4 Å². The zero-order chi connectivity index (χ0) is 26.6. The summed E-state index contributed by atoms with van der Waals surface area (Å²) in [6.07, 6.45) is -1.06. The number of alkyl halides is 3. The van der Waals surface area contributed by atoms with Gasteiger partial charge in [0.25, 0.3) is 0 Å². The molecule has 1 saturated carbocycles. The number of hydrogen-bond donors (Lipinski definition) is 1. The van der Waals surface area contributed by atoms with Gasteiger partial charge in [-0.1, -0.05) is 30.3 Å². The third-order valence-corrected chi connectivity index (χ3v) is 7.15. The minimum atomic E-state index is -4.40. The van der Waals surface area contributed by atoms with E-state index in [4.69, 9.17) is 9.84 Å². The van der Waals surface area contributed by atoms with Crippen molar-refractivity contribution in [3.63, 3.8) is 0 Å². The summed E-state index contributed by atoms with van der Waals surface area (Å²) in [5.74, 6) is -0.733. The molecule has 4 rings (SSSR count). The van der Waals surface area contributed by atoms with Crippen molar-refractivity contribution in [1.29, 1.82) is 0 Å². The van der Waals surface area contributed by atoms with Crippen molar-refractivity contribution in [2.75, 3.05) is 6.54 Å². The lowest BCUT2D eigenvalue weighted by Crippen LogP contribution is -2.39. The Bertz CT molecular complexity index is 1140. The third kappa shape index (κ3) is 7.33. The summed E-state index contributed by atoms with van der Waals surface area (Å²) >= 11 is 0. The monoisotopic (exact) mass is 517 g/mol. The predicted molar refractivity (Wildman–Crippen MR) is 129 cm³/mol. The summed E-state index contributed by atoms with van der Waals surface area (Å²) in [5.41, 5.74) is 2.70. The summed E-state index contributed by atoms with van der Waals surface area (Å²) < 4.78 is 43.8. The van der Waals surface area contributed by atoms with Gasteiger partial charge in [-0.15, -0.1) is 0 Å². The number of fused-ring (bicyclic) bond motifs is 1. The minimum absolute atomic E-state index is 0.0626. The Morgan fingerprint density at radius 2 is 1.57 bits per heavy atom. The molecule has 0 atom stereocenters. The molecule has 0 unspecified atom stereocenters. The smallest absolute Gasteiger partial charge is 0.416 e.